The van der Waals surface area contributed by atoms with Crippen molar-refractivity contribution in [3.63, 3.8) is 0 Å². The molecule has 2 atom stereocenters. The van der Waals surface area contributed by atoms with Gasteiger partial charge >= 0.3 is 0 Å². The molecular formula is C26H31FN4O6. The lowest BCUT2D eigenvalue weighted by molar-refractivity contribution is -0.129. The van der Waals surface area contributed by atoms with E-state index < -0.39 is 29.8 Å². The van der Waals surface area contributed by atoms with Crippen molar-refractivity contribution in [3.8, 4) is 11.5 Å². The third-order valence-electron chi connectivity index (χ3n) is 5.55. The summed E-state index contributed by atoms with van der Waals surface area (Å²) in [4.78, 5) is 50.6. The molecule has 4 N–H and O–H groups in total. The molecule has 198 valence electrons. The molecule has 4 amide bonds. The lowest BCUT2D eigenvalue weighted by Crippen LogP contribution is -2.49. The van der Waals surface area contributed by atoms with Crippen LogP contribution in [-0.2, 0) is 14.4 Å². The van der Waals surface area contributed by atoms with Gasteiger partial charge in [-0.3, -0.25) is 19.2 Å². The van der Waals surface area contributed by atoms with Gasteiger partial charge in [-0.05, 0) is 56.2 Å². The summed E-state index contributed by atoms with van der Waals surface area (Å²) in [5.41, 5.74) is 0.245. The van der Waals surface area contributed by atoms with Gasteiger partial charge < -0.3 is 30.7 Å². The first kappa shape index (κ1) is 27.4. The van der Waals surface area contributed by atoms with Crippen molar-refractivity contribution >= 4 is 23.6 Å². The van der Waals surface area contributed by atoms with Crippen LogP contribution in [0, 0.1) is 5.82 Å². The molecule has 11 heteroatoms. The number of ether oxygens (including phenoxy) is 2. The van der Waals surface area contributed by atoms with Crippen molar-refractivity contribution in [3.05, 3.63) is 59.9 Å². The number of benzene rings is 2. The highest BCUT2D eigenvalue weighted by molar-refractivity contribution is 5.99. The molecule has 0 aromatic heterocycles. The third-order valence-corrected chi connectivity index (χ3v) is 5.55. The van der Waals surface area contributed by atoms with Crippen molar-refractivity contribution in [2.45, 2.75) is 38.3 Å². The van der Waals surface area contributed by atoms with Crippen LogP contribution in [0.15, 0.2) is 48.5 Å². The number of fused-ring (bicyclic) bond motifs is 1. The minimum absolute atomic E-state index is 0.000408. The van der Waals surface area contributed by atoms with Crippen molar-refractivity contribution < 1.29 is 33.0 Å². The zero-order valence-corrected chi connectivity index (χ0v) is 20.6. The normalized spacial score (nSPS) is 19.4. The first-order valence-electron chi connectivity index (χ1n) is 12.1. The van der Waals surface area contributed by atoms with Crippen LogP contribution in [0.2, 0.25) is 0 Å². The number of halogens is 1. The van der Waals surface area contributed by atoms with Crippen molar-refractivity contribution in [1.82, 2.24) is 21.3 Å². The predicted octanol–water partition coefficient (Wildman–Crippen LogP) is 1.30. The van der Waals surface area contributed by atoms with Gasteiger partial charge in [-0.1, -0.05) is 12.1 Å². The van der Waals surface area contributed by atoms with Gasteiger partial charge in [0.05, 0.1) is 18.7 Å². The Balaban J connectivity index is 1.67. The van der Waals surface area contributed by atoms with E-state index in [0.717, 1.165) is 0 Å². The lowest BCUT2D eigenvalue weighted by atomic mass is 10.1. The number of carbonyl (C=O) groups excluding carboxylic acids is 4. The van der Waals surface area contributed by atoms with Crippen LogP contribution in [0.1, 0.15) is 36.5 Å². The summed E-state index contributed by atoms with van der Waals surface area (Å²) in [5.74, 6) is -1.38. The van der Waals surface area contributed by atoms with Gasteiger partial charge in [0.15, 0.2) is 0 Å². The molecule has 1 aliphatic rings. The molecule has 0 radical (unpaired) electrons. The maximum absolute atomic E-state index is 13.0. The first-order chi connectivity index (χ1) is 17.8. The van der Waals surface area contributed by atoms with Crippen molar-refractivity contribution in [2.24, 2.45) is 0 Å². The number of para-hydroxylation sites is 1. The molecular weight excluding hydrogens is 483 g/mol. The van der Waals surface area contributed by atoms with Crippen LogP contribution in [0.3, 0.4) is 0 Å². The quantitative estimate of drug-likeness (QED) is 0.445. The topological polar surface area (TPSA) is 135 Å². The summed E-state index contributed by atoms with van der Waals surface area (Å²) in [5, 5.41) is 10.7. The molecule has 0 saturated carbocycles. The smallest absolute Gasteiger partial charge is 0.255 e. The van der Waals surface area contributed by atoms with E-state index in [1.165, 1.54) is 24.3 Å². The molecule has 0 unspecified atom stereocenters. The Labute approximate surface area is 214 Å². The maximum Gasteiger partial charge on any atom is 0.255 e. The zero-order chi connectivity index (χ0) is 26.6. The summed E-state index contributed by atoms with van der Waals surface area (Å²) < 4.78 is 24.2. The Morgan fingerprint density at radius 1 is 1.11 bits per heavy atom. The molecule has 1 heterocycles. The number of hydrogen-bond donors (Lipinski definition) is 4. The predicted molar refractivity (Wildman–Crippen MR) is 133 cm³/mol. The average molecular weight is 515 g/mol. The number of rotatable bonds is 5. The van der Waals surface area contributed by atoms with Crippen LogP contribution in [0.5, 0.6) is 11.5 Å². The molecule has 3 rings (SSSR count). The molecule has 37 heavy (non-hydrogen) atoms. The molecule has 10 nitrogen and oxygen atoms in total. The number of carbonyl (C=O) groups is 4. The van der Waals surface area contributed by atoms with E-state index in [1.807, 2.05) is 0 Å². The van der Waals surface area contributed by atoms with Gasteiger partial charge in [-0.2, -0.15) is 0 Å². The standard InChI is InChI=1S/C26H31FN4O6/c1-17-24(33)28-13-4-15-37-22-6-3-2-5-20(22)25(34)31-21(11-12-23(32)30-17)26(35)29-14-16-36-19-9-7-18(27)8-10-19/h2-3,5-10,17,21H,4,11-16H2,1H3,(H,28,33)(H,29,35)(H,30,32)(H,31,34)/t17-,21-/m0/s1. The minimum atomic E-state index is -1.03. The van der Waals surface area contributed by atoms with E-state index in [4.69, 9.17) is 9.47 Å². The second kappa shape index (κ2) is 13.8. The van der Waals surface area contributed by atoms with Crippen LogP contribution < -0.4 is 30.7 Å². The highest BCUT2D eigenvalue weighted by Crippen LogP contribution is 2.19. The number of amides is 4. The fourth-order valence-corrected chi connectivity index (χ4v) is 3.56. The third kappa shape index (κ3) is 8.78. The molecule has 0 fully saturated rings. The van der Waals surface area contributed by atoms with Gasteiger partial charge in [-0.25, -0.2) is 4.39 Å². The molecule has 2 aromatic carbocycles. The summed E-state index contributed by atoms with van der Waals surface area (Å²) in [6.45, 7) is 2.40. The van der Waals surface area contributed by atoms with Gasteiger partial charge in [0.2, 0.25) is 17.7 Å². The zero-order valence-electron chi connectivity index (χ0n) is 20.6. The number of hydrogen-bond acceptors (Lipinski definition) is 6. The highest BCUT2D eigenvalue weighted by atomic mass is 19.1. The first-order valence-corrected chi connectivity index (χ1v) is 12.1. The van der Waals surface area contributed by atoms with Crippen molar-refractivity contribution in [2.75, 3.05) is 26.3 Å². The molecule has 0 bridgehead atoms. The van der Waals surface area contributed by atoms with E-state index in [-0.39, 0.29) is 49.9 Å². The van der Waals surface area contributed by atoms with Gasteiger partial charge in [0.1, 0.15) is 36.0 Å². The highest BCUT2D eigenvalue weighted by Gasteiger charge is 2.25. The van der Waals surface area contributed by atoms with E-state index in [1.54, 1.807) is 31.2 Å². The Morgan fingerprint density at radius 2 is 1.86 bits per heavy atom. The molecule has 0 aliphatic carbocycles. The Kier molecular flexibility index (Phi) is 10.2. The van der Waals surface area contributed by atoms with Crippen LogP contribution in [0.4, 0.5) is 4.39 Å². The fraction of sp³-hybridized carbons (Fsp3) is 0.385. The maximum atomic E-state index is 13.0. The van der Waals surface area contributed by atoms with Crippen molar-refractivity contribution in [1.29, 1.82) is 0 Å². The SMILES string of the molecule is C[C@@H]1NC(=O)CC[C@@H](C(=O)NCCOc2ccc(F)cc2)NC(=O)c2ccccc2OCCCNC1=O. The Hall–Kier alpha value is -4.15. The second-order valence-electron chi connectivity index (χ2n) is 8.44. The number of nitrogens with one attached hydrogen (secondary N) is 4. The van der Waals surface area contributed by atoms with Gasteiger partial charge in [0, 0.05) is 13.0 Å². The minimum Gasteiger partial charge on any atom is -0.493 e. The average Bonchev–Trinajstić information content (AvgIpc) is 2.89. The van der Waals surface area contributed by atoms with Gasteiger partial charge in [-0.15, -0.1) is 0 Å². The van der Waals surface area contributed by atoms with E-state index in [2.05, 4.69) is 21.3 Å². The summed E-state index contributed by atoms with van der Waals surface area (Å²) in [6, 6.07) is 10.3. The van der Waals surface area contributed by atoms with E-state index >= 15 is 0 Å². The van der Waals surface area contributed by atoms with Gasteiger partial charge in [0.25, 0.3) is 5.91 Å². The summed E-state index contributed by atoms with van der Waals surface area (Å²) in [6.07, 6.45) is 0.396. The largest absolute Gasteiger partial charge is 0.493 e. The van der Waals surface area contributed by atoms with Crippen LogP contribution in [-0.4, -0.2) is 62.0 Å². The Morgan fingerprint density at radius 3 is 2.65 bits per heavy atom. The van der Waals surface area contributed by atoms with Crippen LogP contribution in [0.25, 0.3) is 0 Å². The lowest BCUT2D eigenvalue weighted by Gasteiger charge is -2.21. The molecule has 0 saturated heterocycles. The molecule has 2 aromatic rings. The summed E-state index contributed by atoms with van der Waals surface area (Å²) >= 11 is 0. The van der Waals surface area contributed by atoms with E-state index in [9.17, 15) is 23.6 Å². The fourth-order valence-electron chi connectivity index (χ4n) is 3.56. The molecule has 1 aliphatic heterocycles. The van der Waals surface area contributed by atoms with E-state index in [0.29, 0.717) is 24.5 Å². The van der Waals surface area contributed by atoms with Crippen LogP contribution >= 0.6 is 0 Å². The molecule has 0 spiro atoms. The summed E-state index contributed by atoms with van der Waals surface area (Å²) in [7, 11) is 0. The monoisotopic (exact) mass is 514 g/mol. The Bertz CT molecular complexity index is 1090. The second-order valence-corrected chi connectivity index (χ2v) is 8.44.